The molecule has 0 aliphatic carbocycles. The Bertz CT molecular complexity index is 105. The fraction of sp³-hybridized carbons (Fsp3) is 1.00. The van der Waals surface area contributed by atoms with E-state index in [1.165, 1.54) is 0 Å². The van der Waals surface area contributed by atoms with Crippen molar-refractivity contribution in [2.45, 2.75) is 0 Å². The number of hydrogen-bond donors (Lipinski definition) is 0. The molecule has 0 rings (SSSR count). The van der Waals surface area contributed by atoms with E-state index in [4.69, 9.17) is 0 Å². The van der Waals surface area contributed by atoms with Crippen molar-refractivity contribution in [3.05, 3.63) is 0 Å². The number of nitrogens with zero attached hydrogens (tertiary/aromatic N) is 3. The van der Waals surface area contributed by atoms with Crippen LogP contribution in [0.15, 0.2) is 0 Å². The second kappa shape index (κ2) is 4.17. The summed E-state index contributed by atoms with van der Waals surface area (Å²) in [7, 11) is 12.8. The van der Waals surface area contributed by atoms with Crippen LogP contribution in [0.3, 0.4) is 0 Å². The standard InChI is InChI=1S/C6H18IN3Si/c1-8(2)11(7,9(3)4)10(5)6/h1-6H3. The summed E-state index contributed by atoms with van der Waals surface area (Å²) in [6.45, 7) is 0. The van der Waals surface area contributed by atoms with Crippen molar-refractivity contribution in [2.24, 2.45) is 0 Å². The Balaban J connectivity index is 4.53. The first-order valence-corrected chi connectivity index (χ1v) is 8.50. The molecule has 0 saturated heterocycles. The van der Waals surface area contributed by atoms with E-state index < -0.39 is 6.06 Å². The van der Waals surface area contributed by atoms with Crippen molar-refractivity contribution in [3.8, 4) is 0 Å². The van der Waals surface area contributed by atoms with E-state index >= 15 is 0 Å². The molecule has 0 saturated carbocycles. The molecule has 0 aromatic heterocycles. The summed E-state index contributed by atoms with van der Waals surface area (Å²) in [5.74, 6) is 0. The van der Waals surface area contributed by atoms with Crippen LogP contribution in [0.25, 0.3) is 0 Å². The Kier molecular flexibility index (Phi) is 4.49. The number of hydrogen-bond acceptors (Lipinski definition) is 3. The zero-order valence-corrected chi connectivity index (χ0v) is 11.4. The van der Waals surface area contributed by atoms with Crippen LogP contribution in [-0.4, -0.2) is 62.0 Å². The van der Waals surface area contributed by atoms with E-state index in [1.807, 2.05) is 0 Å². The summed E-state index contributed by atoms with van der Waals surface area (Å²) in [6, 6.07) is -1.51. The topological polar surface area (TPSA) is 9.72 Å². The Morgan fingerprint density at radius 2 is 0.909 bits per heavy atom. The molecule has 5 heteroatoms. The first kappa shape index (κ1) is 11.8. The van der Waals surface area contributed by atoms with Gasteiger partial charge >= 0.3 is 6.06 Å². The summed E-state index contributed by atoms with van der Waals surface area (Å²) in [5.41, 5.74) is 0. The third-order valence-electron chi connectivity index (χ3n) is 1.71. The van der Waals surface area contributed by atoms with Crippen molar-refractivity contribution >= 4 is 27.9 Å². The molecular formula is C6H18IN3Si. The Labute approximate surface area is 83.8 Å². The second-order valence-electron chi connectivity index (χ2n) is 3.24. The fourth-order valence-electron chi connectivity index (χ4n) is 1.20. The highest BCUT2D eigenvalue weighted by molar-refractivity contribution is 14.1. The van der Waals surface area contributed by atoms with Gasteiger partial charge in [-0.15, -0.1) is 0 Å². The predicted molar refractivity (Wildman–Crippen MR) is 60.8 cm³/mol. The normalized spacial score (nSPS) is 13.6. The van der Waals surface area contributed by atoms with Gasteiger partial charge in [0.1, 0.15) is 0 Å². The summed E-state index contributed by atoms with van der Waals surface area (Å²) in [4.78, 5) is 0. The molecule has 0 atom stereocenters. The molecule has 0 N–H and O–H groups in total. The molecule has 0 aromatic carbocycles. The van der Waals surface area contributed by atoms with Gasteiger partial charge in [-0.2, -0.15) is 0 Å². The molecule has 0 aliphatic heterocycles. The fourth-order valence-corrected chi connectivity index (χ4v) is 3.60. The molecular weight excluding hydrogens is 269 g/mol. The molecule has 0 bridgehead atoms. The van der Waals surface area contributed by atoms with Crippen LogP contribution in [0.4, 0.5) is 0 Å². The van der Waals surface area contributed by atoms with Gasteiger partial charge < -0.3 is 0 Å². The largest absolute Gasteiger partial charge is 0.357 e. The van der Waals surface area contributed by atoms with Crippen LogP contribution in [0.2, 0.25) is 0 Å². The lowest BCUT2D eigenvalue weighted by atomic mass is 11.2. The zero-order valence-electron chi connectivity index (χ0n) is 8.22. The van der Waals surface area contributed by atoms with Crippen LogP contribution < -0.4 is 0 Å². The van der Waals surface area contributed by atoms with Gasteiger partial charge in [-0.05, 0) is 42.3 Å². The summed E-state index contributed by atoms with van der Waals surface area (Å²) in [5, 5.41) is 0. The highest BCUT2D eigenvalue weighted by atomic mass is 127. The van der Waals surface area contributed by atoms with Gasteiger partial charge in [0.05, 0.1) is 0 Å². The third kappa shape index (κ3) is 2.38. The highest BCUT2D eigenvalue weighted by Gasteiger charge is 2.39. The molecule has 0 aliphatic rings. The molecule has 0 unspecified atom stereocenters. The lowest BCUT2D eigenvalue weighted by molar-refractivity contribution is 0.415. The molecule has 11 heavy (non-hydrogen) atoms. The SMILES string of the molecule is CN(C)[Si](I)(N(C)C)N(C)C. The van der Waals surface area contributed by atoms with Gasteiger partial charge in [0.2, 0.25) is 0 Å². The average Bonchev–Trinajstić information content (AvgIpc) is 1.84. The van der Waals surface area contributed by atoms with Crippen LogP contribution in [-0.2, 0) is 0 Å². The van der Waals surface area contributed by atoms with E-state index in [2.05, 4.69) is 77.8 Å². The third-order valence-corrected chi connectivity index (χ3v) is 13.8. The van der Waals surface area contributed by atoms with E-state index in [0.717, 1.165) is 0 Å². The Morgan fingerprint density at radius 1 is 0.727 bits per heavy atom. The second-order valence-corrected chi connectivity index (χ2v) is 11.4. The van der Waals surface area contributed by atoms with Gasteiger partial charge in [0.15, 0.2) is 0 Å². The number of halogens is 1. The van der Waals surface area contributed by atoms with Crippen molar-refractivity contribution in [1.82, 2.24) is 13.7 Å². The molecule has 0 radical (unpaired) electrons. The molecule has 0 amide bonds. The van der Waals surface area contributed by atoms with Gasteiger partial charge in [-0.3, -0.25) is 13.7 Å². The molecule has 68 valence electrons. The van der Waals surface area contributed by atoms with Crippen molar-refractivity contribution in [1.29, 1.82) is 0 Å². The maximum Gasteiger partial charge on any atom is 0.357 e. The van der Waals surface area contributed by atoms with Crippen LogP contribution in [0.1, 0.15) is 0 Å². The number of rotatable bonds is 3. The van der Waals surface area contributed by atoms with Crippen molar-refractivity contribution < 1.29 is 0 Å². The molecule has 0 aromatic rings. The summed E-state index contributed by atoms with van der Waals surface area (Å²) in [6.07, 6.45) is 0. The Morgan fingerprint density at radius 3 is 0.909 bits per heavy atom. The molecule has 3 nitrogen and oxygen atoms in total. The predicted octanol–water partition coefficient (Wildman–Crippen LogP) is 0.542. The van der Waals surface area contributed by atoms with Gasteiger partial charge in [0.25, 0.3) is 0 Å². The van der Waals surface area contributed by atoms with E-state index in [9.17, 15) is 0 Å². The molecule has 0 fully saturated rings. The van der Waals surface area contributed by atoms with Gasteiger partial charge in [-0.25, -0.2) is 0 Å². The van der Waals surface area contributed by atoms with Gasteiger partial charge in [-0.1, -0.05) is 21.8 Å². The zero-order chi connectivity index (χ0) is 9.23. The van der Waals surface area contributed by atoms with Gasteiger partial charge in [0, 0.05) is 0 Å². The first-order chi connectivity index (χ1) is 4.83. The van der Waals surface area contributed by atoms with E-state index in [-0.39, 0.29) is 0 Å². The van der Waals surface area contributed by atoms with Crippen molar-refractivity contribution in [3.63, 3.8) is 0 Å². The lowest BCUT2D eigenvalue weighted by Crippen LogP contribution is -2.65. The average molecular weight is 287 g/mol. The highest BCUT2D eigenvalue weighted by Crippen LogP contribution is 2.19. The lowest BCUT2D eigenvalue weighted by Gasteiger charge is -2.41. The maximum absolute atomic E-state index is 2.56. The summed E-state index contributed by atoms with van der Waals surface area (Å²) >= 11 is 2.56. The quantitative estimate of drug-likeness (QED) is 0.426. The Hall–Kier alpha value is 0.827. The molecule has 0 spiro atoms. The van der Waals surface area contributed by atoms with Crippen LogP contribution >= 0.6 is 21.8 Å². The van der Waals surface area contributed by atoms with E-state index in [0.29, 0.717) is 0 Å². The minimum absolute atomic E-state index is 1.51. The molecule has 0 heterocycles. The minimum Gasteiger partial charge on any atom is -0.297 e. The smallest absolute Gasteiger partial charge is 0.297 e. The van der Waals surface area contributed by atoms with E-state index in [1.54, 1.807) is 0 Å². The summed E-state index contributed by atoms with van der Waals surface area (Å²) < 4.78 is 6.94. The minimum atomic E-state index is -1.51. The van der Waals surface area contributed by atoms with Crippen LogP contribution in [0.5, 0.6) is 0 Å². The first-order valence-electron chi connectivity index (χ1n) is 3.54. The van der Waals surface area contributed by atoms with Crippen molar-refractivity contribution in [2.75, 3.05) is 42.3 Å². The maximum atomic E-state index is 2.56. The van der Waals surface area contributed by atoms with Crippen LogP contribution in [0, 0.1) is 0 Å². The monoisotopic (exact) mass is 287 g/mol.